The first-order chi connectivity index (χ1) is 7.05. The van der Waals surface area contributed by atoms with E-state index in [0.717, 1.165) is 0 Å². The minimum atomic E-state index is -3.33. The summed E-state index contributed by atoms with van der Waals surface area (Å²) >= 11 is 5.58. The van der Waals surface area contributed by atoms with Gasteiger partial charge in [0.15, 0.2) is 0 Å². The zero-order valence-corrected chi connectivity index (χ0v) is 10.6. The van der Waals surface area contributed by atoms with Gasteiger partial charge in [-0.3, -0.25) is 0 Å². The van der Waals surface area contributed by atoms with Gasteiger partial charge in [0.1, 0.15) is 0 Å². The Morgan fingerprint density at radius 2 is 2.13 bits per heavy atom. The fraction of sp³-hybridized carbons (Fsp3) is 1.00. The van der Waals surface area contributed by atoms with Crippen molar-refractivity contribution in [3.05, 3.63) is 0 Å². The maximum absolute atomic E-state index is 11.4. The summed E-state index contributed by atoms with van der Waals surface area (Å²) in [6, 6.07) is -0.386. The van der Waals surface area contributed by atoms with Crippen molar-refractivity contribution < 1.29 is 17.9 Å². The van der Waals surface area contributed by atoms with Gasteiger partial charge in [0.25, 0.3) is 0 Å². The number of methoxy groups -OCH3 is 1. The van der Waals surface area contributed by atoms with Crippen molar-refractivity contribution in [2.45, 2.75) is 13.0 Å². The van der Waals surface area contributed by atoms with Gasteiger partial charge in [0.2, 0.25) is 10.0 Å². The summed E-state index contributed by atoms with van der Waals surface area (Å²) in [4.78, 5) is 0. The molecule has 0 amide bonds. The molecule has 0 aromatic carbocycles. The van der Waals surface area contributed by atoms with Crippen LogP contribution in [0, 0.1) is 0 Å². The van der Waals surface area contributed by atoms with Crippen molar-refractivity contribution in [1.82, 2.24) is 4.72 Å². The second kappa shape index (κ2) is 8.29. The van der Waals surface area contributed by atoms with Crippen LogP contribution >= 0.6 is 11.6 Å². The van der Waals surface area contributed by atoms with Gasteiger partial charge in [-0.05, 0) is 6.92 Å². The van der Waals surface area contributed by atoms with Crippen molar-refractivity contribution in [1.29, 1.82) is 0 Å². The molecule has 0 bridgehead atoms. The molecule has 1 unspecified atom stereocenters. The van der Waals surface area contributed by atoms with Gasteiger partial charge in [-0.15, -0.1) is 11.6 Å². The average Bonchev–Trinajstić information content (AvgIpc) is 2.17. The van der Waals surface area contributed by atoms with E-state index in [0.29, 0.717) is 6.61 Å². The van der Waals surface area contributed by atoms with Crippen molar-refractivity contribution >= 4 is 21.6 Å². The summed E-state index contributed by atoms with van der Waals surface area (Å²) in [5.41, 5.74) is 0. The molecular formula is C8H18ClNO4S. The predicted octanol–water partition coefficient (Wildman–Crippen LogP) is 0.196. The normalized spacial score (nSPS) is 14.1. The molecule has 0 saturated carbocycles. The standard InChI is InChI=1S/C8H18ClNO4S/c1-3-14-4-5-15(11,12)10-8(6-9)7-13-2/h8,10H,3-7H2,1-2H3. The Kier molecular flexibility index (Phi) is 8.36. The Bertz CT molecular complexity index is 245. The first-order valence-corrected chi connectivity index (χ1v) is 6.87. The van der Waals surface area contributed by atoms with E-state index >= 15 is 0 Å². The first kappa shape index (κ1) is 15.1. The van der Waals surface area contributed by atoms with Crippen LogP contribution in [0.3, 0.4) is 0 Å². The lowest BCUT2D eigenvalue weighted by atomic mass is 10.4. The van der Waals surface area contributed by atoms with Crippen LogP contribution in [0.25, 0.3) is 0 Å². The molecule has 0 spiro atoms. The van der Waals surface area contributed by atoms with E-state index in [4.69, 9.17) is 21.1 Å². The quantitative estimate of drug-likeness (QED) is 0.475. The van der Waals surface area contributed by atoms with Crippen LogP contribution in [0.5, 0.6) is 0 Å². The van der Waals surface area contributed by atoms with E-state index in [1.165, 1.54) is 7.11 Å². The van der Waals surface area contributed by atoms with E-state index < -0.39 is 10.0 Å². The molecule has 0 rings (SSSR count). The van der Waals surface area contributed by atoms with Gasteiger partial charge in [-0.1, -0.05) is 0 Å². The number of nitrogens with one attached hydrogen (secondary N) is 1. The van der Waals surface area contributed by atoms with Gasteiger partial charge < -0.3 is 9.47 Å². The zero-order valence-electron chi connectivity index (χ0n) is 9.03. The van der Waals surface area contributed by atoms with Crippen molar-refractivity contribution in [2.24, 2.45) is 0 Å². The molecule has 7 heteroatoms. The lowest BCUT2D eigenvalue weighted by molar-refractivity contribution is 0.162. The molecule has 0 radical (unpaired) electrons. The van der Waals surface area contributed by atoms with E-state index in [1.54, 1.807) is 0 Å². The molecule has 0 aromatic heterocycles. The Morgan fingerprint density at radius 1 is 1.47 bits per heavy atom. The Balaban J connectivity index is 3.99. The van der Waals surface area contributed by atoms with Gasteiger partial charge in [0.05, 0.1) is 25.0 Å². The number of sulfonamides is 1. The van der Waals surface area contributed by atoms with Crippen LogP contribution < -0.4 is 4.72 Å². The molecule has 5 nitrogen and oxygen atoms in total. The molecular weight excluding hydrogens is 242 g/mol. The topological polar surface area (TPSA) is 64.6 Å². The monoisotopic (exact) mass is 259 g/mol. The highest BCUT2D eigenvalue weighted by atomic mass is 35.5. The number of rotatable bonds is 9. The molecule has 0 fully saturated rings. The Morgan fingerprint density at radius 3 is 2.60 bits per heavy atom. The van der Waals surface area contributed by atoms with Gasteiger partial charge in [-0.2, -0.15) is 0 Å². The number of hydrogen-bond acceptors (Lipinski definition) is 4. The number of ether oxygens (including phenoxy) is 2. The number of halogens is 1. The summed E-state index contributed by atoms with van der Waals surface area (Å²) in [6.07, 6.45) is 0. The number of hydrogen-bond donors (Lipinski definition) is 1. The molecule has 1 N–H and O–H groups in total. The highest BCUT2D eigenvalue weighted by Crippen LogP contribution is 1.94. The predicted molar refractivity (Wildman–Crippen MR) is 59.8 cm³/mol. The molecule has 92 valence electrons. The van der Waals surface area contributed by atoms with E-state index in [2.05, 4.69) is 4.72 Å². The molecule has 0 aliphatic rings. The van der Waals surface area contributed by atoms with Crippen molar-refractivity contribution in [2.75, 3.05) is 38.6 Å². The summed E-state index contributed by atoms with van der Waals surface area (Å²) in [5, 5.41) is 0. The number of alkyl halides is 1. The van der Waals surface area contributed by atoms with Gasteiger partial charge in [-0.25, -0.2) is 13.1 Å². The third-order valence-corrected chi connectivity index (χ3v) is 3.37. The maximum Gasteiger partial charge on any atom is 0.214 e. The maximum atomic E-state index is 11.4. The minimum absolute atomic E-state index is 0.0576. The highest BCUT2D eigenvalue weighted by Gasteiger charge is 2.16. The van der Waals surface area contributed by atoms with Crippen LogP contribution in [0.1, 0.15) is 6.92 Å². The molecule has 0 heterocycles. The molecule has 0 saturated heterocycles. The van der Waals surface area contributed by atoms with Crippen molar-refractivity contribution in [3.8, 4) is 0 Å². The average molecular weight is 260 g/mol. The fourth-order valence-electron chi connectivity index (χ4n) is 0.937. The Hall–Kier alpha value is 0.120. The van der Waals surface area contributed by atoms with E-state index in [1.807, 2.05) is 6.92 Å². The first-order valence-electron chi connectivity index (χ1n) is 4.68. The van der Waals surface area contributed by atoms with Crippen LogP contribution in [0.2, 0.25) is 0 Å². The summed E-state index contributed by atoms with van der Waals surface area (Å²) in [5.74, 6) is 0.125. The lowest BCUT2D eigenvalue weighted by Crippen LogP contribution is -2.41. The van der Waals surface area contributed by atoms with Crippen LogP contribution in [-0.4, -0.2) is 53.0 Å². The second-order valence-corrected chi connectivity index (χ2v) is 5.12. The minimum Gasteiger partial charge on any atom is -0.383 e. The third kappa shape index (κ3) is 7.98. The fourth-order valence-corrected chi connectivity index (χ4v) is 2.31. The second-order valence-electron chi connectivity index (χ2n) is 2.94. The van der Waals surface area contributed by atoms with Crippen LogP contribution in [0.4, 0.5) is 0 Å². The smallest absolute Gasteiger partial charge is 0.214 e. The van der Waals surface area contributed by atoms with Crippen LogP contribution in [0.15, 0.2) is 0 Å². The van der Waals surface area contributed by atoms with Gasteiger partial charge >= 0.3 is 0 Å². The van der Waals surface area contributed by atoms with Gasteiger partial charge in [0, 0.05) is 19.6 Å². The summed E-state index contributed by atoms with van der Waals surface area (Å²) in [6.45, 7) is 2.77. The SMILES string of the molecule is CCOCCS(=O)(=O)NC(CCl)COC. The molecule has 0 aliphatic heterocycles. The summed E-state index contributed by atoms with van der Waals surface area (Å²) < 4.78 is 35.1. The molecule has 0 aromatic rings. The van der Waals surface area contributed by atoms with E-state index in [9.17, 15) is 8.42 Å². The van der Waals surface area contributed by atoms with Crippen molar-refractivity contribution in [3.63, 3.8) is 0 Å². The summed E-state index contributed by atoms with van der Waals surface area (Å²) in [7, 11) is -1.83. The largest absolute Gasteiger partial charge is 0.383 e. The molecule has 0 aliphatic carbocycles. The molecule has 1 atom stereocenters. The zero-order chi connectivity index (χ0) is 11.7. The van der Waals surface area contributed by atoms with Crippen LogP contribution in [-0.2, 0) is 19.5 Å². The highest BCUT2D eigenvalue weighted by molar-refractivity contribution is 7.89. The Labute approximate surface area is 96.1 Å². The van der Waals surface area contributed by atoms with E-state index in [-0.39, 0.29) is 30.9 Å². The third-order valence-electron chi connectivity index (χ3n) is 1.60. The lowest BCUT2D eigenvalue weighted by Gasteiger charge is -2.14. The molecule has 15 heavy (non-hydrogen) atoms.